The summed E-state index contributed by atoms with van der Waals surface area (Å²) in [6.45, 7) is 2.63. The maximum Gasteiger partial charge on any atom is 0.332 e. The largest absolute Gasteiger partial charge is 0.332 e. The first-order chi connectivity index (χ1) is 8.63. The maximum atomic E-state index is 12.0. The second-order valence-electron chi connectivity index (χ2n) is 4.56. The van der Waals surface area contributed by atoms with Crippen LogP contribution in [0.4, 0.5) is 0 Å². The van der Waals surface area contributed by atoms with Crippen LogP contribution in [0.5, 0.6) is 0 Å². The average molecular weight is 245 g/mol. The first-order valence-electron chi connectivity index (χ1n) is 6.18. The van der Waals surface area contributed by atoms with Gasteiger partial charge in [0.05, 0.1) is 5.69 Å². The van der Waals surface area contributed by atoms with Crippen molar-refractivity contribution in [2.24, 2.45) is 12.8 Å². The maximum absolute atomic E-state index is 12.0. The standard InChI is InChI=1S/C14H19N3O/c1-11-10-16(2)14(18)17(11)13-7-3-5-12(9-13)6-4-8-15/h3,5,7,9-10H,4,6,8,15H2,1-2H3. The van der Waals surface area contributed by atoms with Gasteiger partial charge in [-0.3, -0.25) is 4.57 Å². The topological polar surface area (TPSA) is 53.0 Å². The highest BCUT2D eigenvalue weighted by atomic mass is 16.1. The van der Waals surface area contributed by atoms with E-state index in [2.05, 4.69) is 12.1 Å². The fourth-order valence-electron chi connectivity index (χ4n) is 2.17. The van der Waals surface area contributed by atoms with Crippen molar-refractivity contribution in [3.05, 3.63) is 52.2 Å². The molecule has 4 heteroatoms. The van der Waals surface area contributed by atoms with Crippen LogP contribution in [0.2, 0.25) is 0 Å². The van der Waals surface area contributed by atoms with Gasteiger partial charge < -0.3 is 10.3 Å². The summed E-state index contributed by atoms with van der Waals surface area (Å²) in [6, 6.07) is 8.08. The van der Waals surface area contributed by atoms with Gasteiger partial charge in [-0.25, -0.2) is 4.79 Å². The molecule has 0 aliphatic carbocycles. The second-order valence-corrected chi connectivity index (χ2v) is 4.56. The van der Waals surface area contributed by atoms with Crippen LogP contribution in [-0.4, -0.2) is 15.7 Å². The first-order valence-corrected chi connectivity index (χ1v) is 6.18. The summed E-state index contributed by atoms with van der Waals surface area (Å²) >= 11 is 0. The van der Waals surface area contributed by atoms with Crippen molar-refractivity contribution in [2.45, 2.75) is 19.8 Å². The highest BCUT2D eigenvalue weighted by Crippen LogP contribution is 2.12. The number of benzene rings is 1. The van der Waals surface area contributed by atoms with Crippen LogP contribution in [-0.2, 0) is 13.5 Å². The molecule has 2 aromatic rings. The van der Waals surface area contributed by atoms with Crippen molar-refractivity contribution in [3.63, 3.8) is 0 Å². The molecular weight excluding hydrogens is 226 g/mol. The third-order valence-electron chi connectivity index (χ3n) is 3.06. The number of nitrogens with two attached hydrogens (primary N) is 1. The summed E-state index contributed by atoms with van der Waals surface area (Å²) in [7, 11) is 1.77. The van der Waals surface area contributed by atoms with Crippen LogP contribution < -0.4 is 11.4 Å². The Hall–Kier alpha value is -1.81. The lowest BCUT2D eigenvalue weighted by molar-refractivity contribution is 0.813. The number of aryl methyl sites for hydroxylation is 3. The number of rotatable bonds is 4. The Balaban J connectivity index is 2.41. The molecule has 1 heterocycles. The van der Waals surface area contributed by atoms with Gasteiger partial charge in [-0.1, -0.05) is 12.1 Å². The Morgan fingerprint density at radius 1 is 1.33 bits per heavy atom. The van der Waals surface area contributed by atoms with Gasteiger partial charge >= 0.3 is 5.69 Å². The first kappa shape index (κ1) is 12.6. The molecule has 1 aromatic carbocycles. The van der Waals surface area contributed by atoms with Gasteiger partial charge in [0, 0.05) is 18.9 Å². The van der Waals surface area contributed by atoms with Crippen molar-refractivity contribution >= 4 is 0 Å². The molecule has 0 saturated carbocycles. The van der Waals surface area contributed by atoms with E-state index in [1.807, 2.05) is 25.3 Å². The summed E-state index contributed by atoms with van der Waals surface area (Å²) in [4.78, 5) is 12.0. The van der Waals surface area contributed by atoms with Gasteiger partial charge in [-0.05, 0) is 44.0 Å². The quantitative estimate of drug-likeness (QED) is 0.884. The van der Waals surface area contributed by atoms with Gasteiger partial charge in [0.2, 0.25) is 0 Å². The van der Waals surface area contributed by atoms with E-state index < -0.39 is 0 Å². The van der Waals surface area contributed by atoms with Gasteiger partial charge in [0.25, 0.3) is 0 Å². The highest BCUT2D eigenvalue weighted by molar-refractivity contribution is 5.37. The van der Waals surface area contributed by atoms with Crippen molar-refractivity contribution in [1.29, 1.82) is 0 Å². The summed E-state index contributed by atoms with van der Waals surface area (Å²) in [5.41, 5.74) is 8.59. The lowest BCUT2D eigenvalue weighted by Crippen LogP contribution is -2.21. The van der Waals surface area contributed by atoms with E-state index in [-0.39, 0.29) is 5.69 Å². The monoisotopic (exact) mass is 245 g/mol. The van der Waals surface area contributed by atoms with E-state index >= 15 is 0 Å². The highest BCUT2D eigenvalue weighted by Gasteiger charge is 2.07. The molecule has 0 spiro atoms. The van der Waals surface area contributed by atoms with Crippen LogP contribution in [0.1, 0.15) is 17.7 Å². The van der Waals surface area contributed by atoms with Crippen molar-refractivity contribution in [1.82, 2.24) is 9.13 Å². The molecule has 18 heavy (non-hydrogen) atoms. The molecule has 96 valence electrons. The third kappa shape index (κ3) is 2.38. The van der Waals surface area contributed by atoms with Crippen molar-refractivity contribution < 1.29 is 0 Å². The fourth-order valence-corrected chi connectivity index (χ4v) is 2.17. The Bertz CT molecular complexity index is 595. The van der Waals surface area contributed by atoms with E-state index in [1.54, 1.807) is 16.2 Å². The van der Waals surface area contributed by atoms with Gasteiger partial charge in [0.1, 0.15) is 0 Å². The van der Waals surface area contributed by atoms with Gasteiger partial charge in [-0.15, -0.1) is 0 Å². The second kappa shape index (κ2) is 5.23. The Morgan fingerprint density at radius 3 is 2.72 bits per heavy atom. The molecule has 1 aromatic heterocycles. The number of aromatic nitrogens is 2. The van der Waals surface area contributed by atoms with Crippen LogP contribution >= 0.6 is 0 Å². The lowest BCUT2D eigenvalue weighted by Gasteiger charge is -2.06. The SMILES string of the molecule is Cc1cn(C)c(=O)n1-c1cccc(CCCN)c1. The summed E-state index contributed by atoms with van der Waals surface area (Å²) < 4.78 is 3.33. The zero-order chi connectivity index (χ0) is 13.1. The molecule has 0 radical (unpaired) electrons. The molecule has 0 atom stereocenters. The van der Waals surface area contributed by atoms with Crippen molar-refractivity contribution in [2.75, 3.05) is 6.54 Å². The van der Waals surface area contributed by atoms with Crippen molar-refractivity contribution in [3.8, 4) is 5.69 Å². The molecule has 0 saturated heterocycles. The summed E-state index contributed by atoms with van der Waals surface area (Å²) in [6.07, 6.45) is 3.76. The van der Waals surface area contributed by atoms with Crippen LogP contribution in [0.3, 0.4) is 0 Å². The van der Waals surface area contributed by atoms with Gasteiger partial charge in [0.15, 0.2) is 0 Å². The van der Waals surface area contributed by atoms with E-state index in [1.165, 1.54) is 5.56 Å². The minimum Gasteiger partial charge on any atom is -0.330 e. The molecule has 4 nitrogen and oxygen atoms in total. The zero-order valence-corrected chi connectivity index (χ0v) is 10.9. The molecule has 2 rings (SSSR count). The normalized spacial score (nSPS) is 10.8. The number of imidazole rings is 1. The Morgan fingerprint density at radius 2 is 2.11 bits per heavy atom. The molecule has 2 N–H and O–H groups in total. The van der Waals surface area contributed by atoms with Gasteiger partial charge in [-0.2, -0.15) is 0 Å². The van der Waals surface area contributed by atoms with Crippen LogP contribution in [0.25, 0.3) is 5.69 Å². The average Bonchev–Trinajstić information content (AvgIpc) is 2.61. The zero-order valence-electron chi connectivity index (χ0n) is 10.9. The smallest absolute Gasteiger partial charge is 0.330 e. The van der Waals surface area contributed by atoms with E-state index in [0.717, 1.165) is 24.2 Å². The molecule has 0 aliphatic heterocycles. The van der Waals surface area contributed by atoms with E-state index in [0.29, 0.717) is 6.54 Å². The fraction of sp³-hybridized carbons (Fsp3) is 0.357. The number of hydrogen-bond donors (Lipinski definition) is 1. The van der Waals surface area contributed by atoms with E-state index in [9.17, 15) is 4.79 Å². The predicted octanol–water partition coefficient (Wildman–Crippen LogP) is 1.38. The Kier molecular flexibility index (Phi) is 3.67. The van der Waals surface area contributed by atoms with Crippen LogP contribution in [0.15, 0.2) is 35.3 Å². The molecule has 0 unspecified atom stereocenters. The molecular formula is C14H19N3O. The summed E-state index contributed by atoms with van der Waals surface area (Å²) in [5.74, 6) is 0. The summed E-state index contributed by atoms with van der Waals surface area (Å²) in [5, 5.41) is 0. The molecule has 0 aliphatic rings. The van der Waals surface area contributed by atoms with Crippen LogP contribution in [0, 0.1) is 6.92 Å². The third-order valence-corrected chi connectivity index (χ3v) is 3.06. The molecule has 0 fully saturated rings. The minimum absolute atomic E-state index is 0.0107. The number of hydrogen-bond acceptors (Lipinski definition) is 2. The lowest BCUT2D eigenvalue weighted by atomic mass is 10.1. The van der Waals surface area contributed by atoms with E-state index in [4.69, 9.17) is 5.73 Å². The Labute approximate surface area is 107 Å². The molecule has 0 amide bonds. The minimum atomic E-state index is -0.0107. The molecule has 0 bridgehead atoms. The number of nitrogens with zero attached hydrogens (tertiary/aromatic N) is 2. The predicted molar refractivity (Wildman–Crippen MR) is 73.1 cm³/mol.